The summed E-state index contributed by atoms with van der Waals surface area (Å²) in [5.74, 6) is -1.26. The molecular formula is C14H16ClF2N3O2. The van der Waals surface area contributed by atoms with Gasteiger partial charge in [0.05, 0.1) is 0 Å². The molecule has 0 radical (unpaired) electrons. The number of aromatic nitrogens is 2. The van der Waals surface area contributed by atoms with Crippen LogP contribution >= 0.6 is 12.4 Å². The zero-order chi connectivity index (χ0) is 14.9. The van der Waals surface area contributed by atoms with Gasteiger partial charge < -0.3 is 14.6 Å². The minimum Gasteiger partial charge on any atom is -0.368 e. The molecule has 5 nitrogen and oxygen atoms in total. The van der Waals surface area contributed by atoms with E-state index in [1.165, 1.54) is 6.07 Å². The number of rotatable bonds is 3. The lowest BCUT2D eigenvalue weighted by Gasteiger charge is -2.32. The number of benzene rings is 1. The molecule has 0 saturated carbocycles. The molecule has 2 heterocycles. The van der Waals surface area contributed by atoms with Gasteiger partial charge in [-0.3, -0.25) is 0 Å². The molecule has 0 unspecified atom stereocenters. The Balaban J connectivity index is 0.00000176. The third-order valence-electron chi connectivity index (χ3n) is 3.80. The zero-order valence-electron chi connectivity index (χ0n) is 11.9. The lowest BCUT2D eigenvalue weighted by Crippen LogP contribution is -2.41. The van der Waals surface area contributed by atoms with Crippen molar-refractivity contribution in [3.8, 4) is 11.4 Å². The van der Waals surface area contributed by atoms with Gasteiger partial charge in [0.2, 0.25) is 5.82 Å². The van der Waals surface area contributed by atoms with Crippen molar-refractivity contribution in [2.24, 2.45) is 0 Å². The monoisotopic (exact) mass is 331 g/mol. The van der Waals surface area contributed by atoms with Gasteiger partial charge in [0.1, 0.15) is 5.60 Å². The van der Waals surface area contributed by atoms with Crippen LogP contribution in [-0.4, -0.2) is 30.3 Å². The van der Waals surface area contributed by atoms with Crippen LogP contribution in [0.2, 0.25) is 0 Å². The quantitative estimate of drug-likeness (QED) is 0.937. The number of nitrogens with zero attached hydrogens (tertiary/aromatic N) is 2. The number of hydrogen-bond acceptors (Lipinski definition) is 5. The highest BCUT2D eigenvalue weighted by Gasteiger charge is 2.39. The van der Waals surface area contributed by atoms with E-state index in [2.05, 4.69) is 15.5 Å². The van der Waals surface area contributed by atoms with Crippen molar-refractivity contribution in [1.29, 1.82) is 0 Å². The fraction of sp³-hybridized carbons (Fsp3) is 0.429. The molecule has 1 aliphatic heterocycles. The summed E-state index contributed by atoms with van der Waals surface area (Å²) in [6.45, 7) is 1.58. The zero-order valence-corrected chi connectivity index (χ0v) is 12.8. The van der Waals surface area contributed by atoms with Crippen molar-refractivity contribution in [2.75, 3.05) is 20.2 Å². The summed E-state index contributed by atoms with van der Waals surface area (Å²) in [5.41, 5.74) is -0.251. The topological polar surface area (TPSA) is 60.2 Å². The highest BCUT2D eigenvalue weighted by atomic mass is 35.5. The van der Waals surface area contributed by atoms with E-state index >= 15 is 0 Å². The Kier molecular flexibility index (Phi) is 5.10. The third-order valence-corrected chi connectivity index (χ3v) is 3.80. The van der Waals surface area contributed by atoms with Crippen molar-refractivity contribution in [3.05, 3.63) is 35.7 Å². The van der Waals surface area contributed by atoms with Gasteiger partial charge in [-0.05, 0) is 44.1 Å². The van der Waals surface area contributed by atoms with Crippen molar-refractivity contribution in [1.82, 2.24) is 15.5 Å². The van der Waals surface area contributed by atoms with E-state index < -0.39 is 17.2 Å². The van der Waals surface area contributed by atoms with Gasteiger partial charge in [0, 0.05) is 12.7 Å². The molecule has 120 valence electrons. The number of hydrogen-bond donors (Lipinski definition) is 1. The summed E-state index contributed by atoms with van der Waals surface area (Å²) < 4.78 is 37.1. The Hall–Kier alpha value is -1.57. The van der Waals surface area contributed by atoms with Gasteiger partial charge in [0.25, 0.3) is 5.89 Å². The first-order valence-corrected chi connectivity index (χ1v) is 6.70. The van der Waals surface area contributed by atoms with Gasteiger partial charge in [-0.2, -0.15) is 4.98 Å². The average Bonchev–Trinajstić information content (AvgIpc) is 3.01. The summed E-state index contributed by atoms with van der Waals surface area (Å²) in [5, 5.41) is 7.08. The Bertz CT molecular complexity index is 645. The smallest absolute Gasteiger partial charge is 0.259 e. The van der Waals surface area contributed by atoms with Crippen LogP contribution < -0.4 is 5.32 Å². The lowest BCUT2D eigenvalue weighted by atomic mass is 9.92. The van der Waals surface area contributed by atoms with E-state index in [1.54, 1.807) is 7.11 Å². The summed E-state index contributed by atoms with van der Waals surface area (Å²) in [6, 6.07) is 3.50. The first-order chi connectivity index (χ1) is 10.1. The Labute approximate surface area is 132 Å². The highest BCUT2D eigenvalue weighted by Crippen LogP contribution is 2.34. The fourth-order valence-corrected chi connectivity index (χ4v) is 2.50. The second-order valence-electron chi connectivity index (χ2n) is 5.00. The Morgan fingerprint density at radius 3 is 2.59 bits per heavy atom. The summed E-state index contributed by atoms with van der Waals surface area (Å²) >= 11 is 0. The lowest BCUT2D eigenvalue weighted by molar-refractivity contribution is -0.0622. The Morgan fingerprint density at radius 1 is 1.23 bits per heavy atom. The molecule has 2 aromatic rings. The van der Waals surface area contributed by atoms with Crippen LogP contribution in [0, 0.1) is 11.6 Å². The van der Waals surface area contributed by atoms with Crippen molar-refractivity contribution in [3.63, 3.8) is 0 Å². The maximum Gasteiger partial charge on any atom is 0.259 e. The van der Waals surface area contributed by atoms with Crippen LogP contribution in [0.4, 0.5) is 8.78 Å². The number of halogens is 3. The fourth-order valence-electron chi connectivity index (χ4n) is 2.50. The van der Waals surface area contributed by atoms with Gasteiger partial charge in [-0.1, -0.05) is 5.16 Å². The van der Waals surface area contributed by atoms with E-state index in [-0.39, 0.29) is 18.2 Å². The molecule has 0 atom stereocenters. The minimum atomic E-state index is -0.942. The molecule has 1 fully saturated rings. The predicted octanol–water partition coefficient (Wildman–Crippen LogP) is 2.66. The number of nitrogens with one attached hydrogen (secondary N) is 1. The van der Waals surface area contributed by atoms with Crippen molar-refractivity contribution in [2.45, 2.75) is 18.4 Å². The van der Waals surface area contributed by atoms with Crippen LogP contribution in [-0.2, 0) is 10.3 Å². The normalized spacial score (nSPS) is 17.0. The van der Waals surface area contributed by atoms with Crippen LogP contribution in [0.15, 0.2) is 22.7 Å². The minimum absolute atomic E-state index is 0. The second-order valence-corrected chi connectivity index (χ2v) is 5.00. The number of piperidine rings is 1. The van der Waals surface area contributed by atoms with Gasteiger partial charge in [-0.25, -0.2) is 8.78 Å². The van der Waals surface area contributed by atoms with Crippen LogP contribution in [0.1, 0.15) is 18.7 Å². The average molecular weight is 332 g/mol. The van der Waals surface area contributed by atoms with Gasteiger partial charge in [0.15, 0.2) is 11.6 Å². The summed E-state index contributed by atoms with van der Waals surface area (Å²) in [7, 11) is 1.60. The SMILES string of the molecule is COC1(c2nc(-c3ccc(F)c(F)c3)no2)CCNCC1.Cl. The standard InChI is InChI=1S/C14H15F2N3O2.ClH/c1-20-14(4-6-17-7-5-14)13-18-12(19-21-13)9-2-3-10(15)11(16)8-9;/h2-3,8,17H,4-7H2,1H3;1H. The van der Waals surface area contributed by atoms with Crippen molar-refractivity contribution >= 4 is 12.4 Å². The van der Waals surface area contributed by atoms with Crippen LogP contribution in [0.25, 0.3) is 11.4 Å². The van der Waals surface area contributed by atoms with E-state index in [1.807, 2.05) is 0 Å². The molecule has 3 rings (SSSR count). The predicted molar refractivity (Wildman–Crippen MR) is 77.7 cm³/mol. The van der Waals surface area contributed by atoms with Crippen LogP contribution in [0.5, 0.6) is 0 Å². The largest absolute Gasteiger partial charge is 0.368 e. The molecule has 22 heavy (non-hydrogen) atoms. The molecule has 1 aliphatic rings. The number of methoxy groups -OCH3 is 1. The van der Waals surface area contributed by atoms with Gasteiger partial charge >= 0.3 is 0 Å². The Morgan fingerprint density at radius 2 is 1.95 bits per heavy atom. The number of ether oxygens (including phenoxy) is 1. The highest BCUT2D eigenvalue weighted by molar-refractivity contribution is 5.85. The molecule has 8 heteroatoms. The molecular weight excluding hydrogens is 316 g/mol. The molecule has 0 aliphatic carbocycles. The molecule has 1 N–H and O–H groups in total. The second kappa shape index (κ2) is 6.68. The first-order valence-electron chi connectivity index (χ1n) is 6.70. The molecule has 0 amide bonds. The molecule has 1 aromatic heterocycles. The third kappa shape index (κ3) is 2.97. The van der Waals surface area contributed by atoms with Crippen molar-refractivity contribution < 1.29 is 18.0 Å². The van der Waals surface area contributed by atoms with E-state index in [0.29, 0.717) is 24.3 Å². The summed E-state index contributed by atoms with van der Waals surface area (Å²) in [4.78, 5) is 4.30. The maximum atomic E-state index is 13.3. The van der Waals surface area contributed by atoms with Crippen LogP contribution in [0.3, 0.4) is 0 Å². The van der Waals surface area contributed by atoms with E-state index in [9.17, 15) is 8.78 Å². The van der Waals surface area contributed by atoms with Gasteiger partial charge in [-0.15, -0.1) is 12.4 Å². The molecule has 1 aromatic carbocycles. The first kappa shape index (κ1) is 16.8. The summed E-state index contributed by atoms with van der Waals surface area (Å²) in [6.07, 6.45) is 1.42. The van der Waals surface area contributed by atoms with E-state index in [0.717, 1.165) is 25.2 Å². The molecule has 0 spiro atoms. The molecule has 1 saturated heterocycles. The molecule has 0 bridgehead atoms. The van der Waals surface area contributed by atoms with E-state index in [4.69, 9.17) is 9.26 Å². The maximum absolute atomic E-state index is 13.3.